The molecule has 1 aromatic carbocycles. The molecule has 0 spiro atoms. The van der Waals surface area contributed by atoms with Crippen molar-refractivity contribution in [3.05, 3.63) is 65.7 Å². The number of aromatic nitrogens is 2. The third-order valence-electron chi connectivity index (χ3n) is 4.09. The molecule has 0 saturated carbocycles. The molecule has 2 N–H and O–H groups in total. The van der Waals surface area contributed by atoms with Gasteiger partial charge in [-0.1, -0.05) is 23.8 Å². The molecule has 0 aliphatic heterocycles. The number of guanidine groups is 1. The fourth-order valence-electron chi connectivity index (χ4n) is 2.62. The predicted molar refractivity (Wildman–Crippen MR) is 109 cm³/mol. The molecule has 3 aromatic rings. The van der Waals surface area contributed by atoms with E-state index in [0.29, 0.717) is 37.4 Å². The first-order valence-electron chi connectivity index (χ1n) is 9.22. The second-order valence-corrected chi connectivity index (χ2v) is 6.19. The smallest absolute Gasteiger partial charge is 0.226 e. The van der Waals surface area contributed by atoms with E-state index in [1.165, 1.54) is 5.56 Å². The van der Waals surface area contributed by atoms with Crippen LogP contribution >= 0.6 is 0 Å². The van der Waals surface area contributed by atoms with Gasteiger partial charge in [-0.3, -0.25) is 4.99 Å². The zero-order valence-electron chi connectivity index (χ0n) is 16.4. The number of oxazole rings is 1. The van der Waals surface area contributed by atoms with Crippen LogP contribution in [0.25, 0.3) is 11.5 Å². The second kappa shape index (κ2) is 9.55. The molecule has 0 aliphatic rings. The van der Waals surface area contributed by atoms with Gasteiger partial charge >= 0.3 is 0 Å². The molecule has 0 aliphatic carbocycles. The molecule has 7 heteroatoms. The summed E-state index contributed by atoms with van der Waals surface area (Å²) in [5.41, 5.74) is 3.93. The van der Waals surface area contributed by atoms with Crippen LogP contribution < -0.4 is 15.4 Å². The molecular weight excluding hydrogens is 354 g/mol. The maximum absolute atomic E-state index is 5.59. The van der Waals surface area contributed by atoms with Gasteiger partial charge < -0.3 is 19.8 Å². The zero-order chi connectivity index (χ0) is 19.8. The first kappa shape index (κ1) is 19.4. The van der Waals surface area contributed by atoms with Gasteiger partial charge in [0.05, 0.1) is 18.8 Å². The summed E-state index contributed by atoms with van der Waals surface area (Å²) in [6, 6.07) is 11.9. The molecule has 0 atom stereocenters. The minimum Gasteiger partial charge on any atom is -0.478 e. The molecule has 0 amide bonds. The van der Waals surface area contributed by atoms with Gasteiger partial charge in [0.25, 0.3) is 0 Å². The summed E-state index contributed by atoms with van der Waals surface area (Å²) in [6.45, 7) is 5.62. The lowest BCUT2D eigenvalue weighted by atomic mass is 10.1. The van der Waals surface area contributed by atoms with Gasteiger partial charge in [-0.15, -0.1) is 0 Å². The lowest BCUT2D eigenvalue weighted by Crippen LogP contribution is -2.36. The highest BCUT2D eigenvalue weighted by Crippen LogP contribution is 2.19. The number of aliphatic imine (C=N–C) groups is 1. The van der Waals surface area contributed by atoms with E-state index in [-0.39, 0.29) is 0 Å². The molecular formula is C21H25N5O2. The molecule has 3 rings (SSSR count). The van der Waals surface area contributed by atoms with Crippen LogP contribution in [0, 0.1) is 6.92 Å². The van der Waals surface area contributed by atoms with Crippen molar-refractivity contribution < 1.29 is 9.15 Å². The summed E-state index contributed by atoms with van der Waals surface area (Å²) in [5, 5.41) is 6.50. The quantitative estimate of drug-likeness (QED) is 0.484. The third-order valence-corrected chi connectivity index (χ3v) is 4.09. The minimum absolute atomic E-state index is 0.500. The Balaban J connectivity index is 1.55. The van der Waals surface area contributed by atoms with Gasteiger partial charge in [0.2, 0.25) is 11.8 Å². The standard InChI is InChI=1S/C21H25N5O2/c1-4-27-19-17(6-5-11-23-19)12-24-21(22-3)25-13-18-14-28-20(26-18)16-9-7-15(2)8-10-16/h5-11,14H,4,12-13H2,1-3H3,(H2,22,24,25). The molecule has 146 valence electrons. The van der Waals surface area contributed by atoms with Crippen molar-refractivity contribution in [1.29, 1.82) is 0 Å². The highest BCUT2D eigenvalue weighted by Gasteiger charge is 2.08. The van der Waals surface area contributed by atoms with E-state index in [1.54, 1.807) is 19.5 Å². The molecule has 0 bridgehead atoms. The highest BCUT2D eigenvalue weighted by atomic mass is 16.5. The molecule has 2 heterocycles. The fraction of sp³-hybridized carbons (Fsp3) is 0.286. The summed E-state index contributed by atoms with van der Waals surface area (Å²) >= 11 is 0. The Morgan fingerprint density at radius 3 is 2.68 bits per heavy atom. The van der Waals surface area contributed by atoms with Crippen molar-refractivity contribution in [3.8, 4) is 17.3 Å². The predicted octanol–water partition coefficient (Wildman–Crippen LogP) is 3.31. The number of hydrogen-bond acceptors (Lipinski definition) is 5. The number of hydrogen-bond donors (Lipinski definition) is 2. The number of rotatable bonds is 7. The first-order valence-corrected chi connectivity index (χ1v) is 9.22. The van der Waals surface area contributed by atoms with Crippen molar-refractivity contribution in [1.82, 2.24) is 20.6 Å². The maximum atomic E-state index is 5.59. The molecule has 28 heavy (non-hydrogen) atoms. The van der Waals surface area contributed by atoms with Gasteiger partial charge in [-0.25, -0.2) is 9.97 Å². The fourth-order valence-corrected chi connectivity index (χ4v) is 2.62. The van der Waals surface area contributed by atoms with Crippen molar-refractivity contribution >= 4 is 5.96 Å². The number of ether oxygens (including phenoxy) is 1. The minimum atomic E-state index is 0.500. The van der Waals surface area contributed by atoms with Crippen molar-refractivity contribution in [2.45, 2.75) is 26.9 Å². The van der Waals surface area contributed by atoms with Crippen molar-refractivity contribution in [2.75, 3.05) is 13.7 Å². The van der Waals surface area contributed by atoms with Crippen LogP contribution in [-0.2, 0) is 13.1 Å². The van der Waals surface area contributed by atoms with Gasteiger partial charge in [0, 0.05) is 30.9 Å². The van der Waals surface area contributed by atoms with Crippen molar-refractivity contribution in [3.63, 3.8) is 0 Å². The first-order chi connectivity index (χ1) is 13.7. The van der Waals surface area contributed by atoms with E-state index in [1.807, 2.05) is 43.3 Å². The SMILES string of the molecule is CCOc1ncccc1CNC(=NC)NCc1coc(-c2ccc(C)cc2)n1. The van der Waals surface area contributed by atoms with Crippen molar-refractivity contribution in [2.24, 2.45) is 4.99 Å². The van der Waals surface area contributed by atoms with Crippen LogP contribution in [0.4, 0.5) is 0 Å². The lowest BCUT2D eigenvalue weighted by Gasteiger charge is -2.13. The van der Waals surface area contributed by atoms with Crippen LogP contribution in [-0.4, -0.2) is 29.6 Å². The Morgan fingerprint density at radius 2 is 1.93 bits per heavy atom. The Kier molecular flexibility index (Phi) is 6.62. The third kappa shape index (κ3) is 5.09. The van der Waals surface area contributed by atoms with Crippen LogP contribution in [0.2, 0.25) is 0 Å². The molecule has 0 fully saturated rings. The molecule has 0 unspecified atom stereocenters. The summed E-state index contributed by atoms with van der Waals surface area (Å²) < 4.78 is 11.1. The average Bonchev–Trinajstić information content (AvgIpc) is 3.19. The Labute approximate surface area is 164 Å². The van der Waals surface area contributed by atoms with Gasteiger partial charge in [0.1, 0.15) is 6.26 Å². The highest BCUT2D eigenvalue weighted by molar-refractivity contribution is 5.79. The number of aryl methyl sites for hydroxylation is 1. The maximum Gasteiger partial charge on any atom is 0.226 e. The lowest BCUT2D eigenvalue weighted by molar-refractivity contribution is 0.322. The molecule has 0 saturated heterocycles. The second-order valence-electron chi connectivity index (χ2n) is 6.19. The van der Waals surface area contributed by atoms with E-state index < -0.39 is 0 Å². The summed E-state index contributed by atoms with van der Waals surface area (Å²) in [7, 11) is 1.72. The number of benzene rings is 1. The largest absolute Gasteiger partial charge is 0.478 e. The Bertz CT molecular complexity index is 919. The Hall–Kier alpha value is -3.35. The van der Waals surface area contributed by atoms with E-state index in [0.717, 1.165) is 16.8 Å². The number of nitrogens with zero attached hydrogens (tertiary/aromatic N) is 3. The van der Waals surface area contributed by atoms with Crippen LogP contribution in [0.3, 0.4) is 0 Å². The summed E-state index contributed by atoms with van der Waals surface area (Å²) in [5.74, 6) is 1.90. The van der Waals surface area contributed by atoms with E-state index in [9.17, 15) is 0 Å². The van der Waals surface area contributed by atoms with Gasteiger partial charge in [-0.05, 0) is 32.0 Å². The summed E-state index contributed by atoms with van der Waals surface area (Å²) in [4.78, 5) is 13.0. The van der Waals surface area contributed by atoms with Gasteiger partial charge in [0.15, 0.2) is 5.96 Å². The number of pyridine rings is 1. The Morgan fingerprint density at radius 1 is 1.14 bits per heavy atom. The zero-order valence-corrected chi connectivity index (χ0v) is 16.4. The summed E-state index contributed by atoms with van der Waals surface area (Å²) in [6.07, 6.45) is 3.38. The molecule has 2 aromatic heterocycles. The average molecular weight is 379 g/mol. The monoisotopic (exact) mass is 379 g/mol. The van der Waals surface area contributed by atoms with Gasteiger partial charge in [-0.2, -0.15) is 0 Å². The topological polar surface area (TPSA) is 84.6 Å². The molecule has 7 nitrogen and oxygen atoms in total. The number of nitrogens with one attached hydrogen (secondary N) is 2. The van der Waals surface area contributed by atoms with E-state index >= 15 is 0 Å². The molecule has 0 radical (unpaired) electrons. The van der Waals surface area contributed by atoms with Crippen LogP contribution in [0.15, 0.2) is 58.3 Å². The van der Waals surface area contributed by atoms with E-state index in [4.69, 9.17) is 9.15 Å². The normalized spacial score (nSPS) is 11.3. The van der Waals surface area contributed by atoms with Crippen LogP contribution in [0.1, 0.15) is 23.7 Å². The van der Waals surface area contributed by atoms with E-state index in [2.05, 4.69) is 32.5 Å². The van der Waals surface area contributed by atoms with Crippen LogP contribution in [0.5, 0.6) is 5.88 Å².